The van der Waals surface area contributed by atoms with Gasteiger partial charge in [0.15, 0.2) is 0 Å². The predicted octanol–water partition coefficient (Wildman–Crippen LogP) is 1.79. The van der Waals surface area contributed by atoms with E-state index in [0.717, 1.165) is 37.8 Å². The molecule has 1 fully saturated rings. The zero-order chi connectivity index (χ0) is 13.6. The Hall–Kier alpha value is -1.42. The molecular weight excluding hydrogens is 238 g/mol. The van der Waals surface area contributed by atoms with Gasteiger partial charge in [0.1, 0.15) is 0 Å². The average molecular weight is 261 g/mol. The lowest BCUT2D eigenvalue weighted by Gasteiger charge is -2.32. The zero-order valence-corrected chi connectivity index (χ0v) is 11.4. The number of carbonyl (C=O) groups excluding carboxylic acids is 1. The average Bonchev–Trinajstić information content (AvgIpc) is 2.40. The highest BCUT2D eigenvalue weighted by Crippen LogP contribution is 2.28. The fourth-order valence-corrected chi connectivity index (χ4v) is 2.69. The van der Waals surface area contributed by atoms with Gasteiger partial charge in [0.05, 0.1) is 0 Å². The Morgan fingerprint density at radius 1 is 1.32 bits per heavy atom. The lowest BCUT2D eigenvalue weighted by molar-refractivity contribution is -0.122. The van der Waals surface area contributed by atoms with Gasteiger partial charge in [0, 0.05) is 36.8 Å². The van der Waals surface area contributed by atoms with Gasteiger partial charge in [0.2, 0.25) is 5.91 Å². The number of carbonyl (C=O) groups is 1. The predicted molar refractivity (Wildman–Crippen MR) is 75.6 cm³/mol. The fourth-order valence-electron chi connectivity index (χ4n) is 2.69. The van der Waals surface area contributed by atoms with Crippen LogP contribution in [-0.4, -0.2) is 23.0 Å². The molecule has 2 rings (SSSR count). The Balaban J connectivity index is 1.70. The highest BCUT2D eigenvalue weighted by atomic mass is 16.1. The quantitative estimate of drug-likeness (QED) is 0.849. The first-order valence-corrected chi connectivity index (χ1v) is 7.13. The molecule has 3 N–H and O–H groups in total. The smallest absolute Gasteiger partial charge is 0.221 e. The third-order valence-corrected chi connectivity index (χ3v) is 3.79. The minimum Gasteiger partial charge on any atom is -0.356 e. The highest BCUT2D eigenvalue weighted by molar-refractivity contribution is 5.77. The van der Waals surface area contributed by atoms with Gasteiger partial charge in [-0.3, -0.25) is 9.78 Å². The van der Waals surface area contributed by atoms with Crippen molar-refractivity contribution in [2.24, 2.45) is 5.73 Å². The molecule has 0 atom stereocenters. The molecule has 1 aromatic rings. The molecule has 0 aromatic carbocycles. The summed E-state index contributed by atoms with van der Waals surface area (Å²) in [5.74, 6) is 0.0698. The molecule has 0 unspecified atom stereocenters. The summed E-state index contributed by atoms with van der Waals surface area (Å²) in [5.41, 5.74) is 7.00. The standard InChI is InChI=1S/C15H23N3O/c16-15(8-3-1-4-9-15)12-14(19)18-11-7-13-6-2-5-10-17-13/h2,5-6,10H,1,3-4,7-9,11-12,16H2,(H,18,19). The van der Waals surface area contributed by atoms with E-state index in [-0.39, 0.29) is 11.4 Å². The molecule has 0 spiro atoms. The molecule has 4 nitrogen and oxygen atoms in total. The SMILES string of the molecule is NC1(CC(=O)NCCc2ccccn2)CCCCC1. The molecule has 1 saturated carbocycles. The number of aromatic nitrogens is 1. The largest absolute Gasteiger partial charge is 0.356 e. The number of hydrogen-bond acceptors (Lipinski definition) is 3. The molecule has 0 bridgehead atoms. The molecule has 104 valence electrons. The normalized spacial score (nSPS) is 17.9. The van der Waals surface area contributed by atoms with E-state index >= 15 is 0 Å². The third kappa shape index (κ3) is 4.63. The van der Waals surface area contributed by atoms with Crippen molar-refractivity contribution in [3.05, 3.63) is 30.1 Å². The van der Waals surface area contributed by atoms with Crippen molar-refractivity contribution in [1.29, 1.82) is 0 Å². The van der Waals surface area contributed by atoms with E-state index in [1.807, 2.05) is 18.2 Å². The van der Waals surface area contributed by atoms with Gasteiger partial charge >= 0.3 is 0 Å². The number of nitrogens with two attached hydrogens (primary N) is 1. The lowest BCUT2D eigenvalue weighted by Crippen LogP contribution is -2.46. The molecule has 0 aliphatic heterocycles. The van der Waals surface area contributed by atoms with Crippen LogP contribution in [0.5, 0.6) is 0 Å². The molecule has 1 aliphatic carbocycles. The van der Waals surface area contributed by atoms with Crippen molar-refractivity contribution in [1.82, 2.24) is 10.3 Å². The molecule has 19 heavy (non-hydrogen) atoms. The molecular formula is C15H23N3O. The summed E-state index contributed by atoms with van der Waals surface area (Å²) >= 11 is 0. The first kappa shape index (κ1) is 14.0. The van der Waals surface area contributed by atoms with Crippen molar-refractivity contribution >= 4 is 5.91 Å². The Bertz CT molecular complexity index is 399. The number of nitrogens with one attached hydrogen (secondary N) is 1. The van der Waals surface area contributed by atoms with Crippen molar-refractivity contribution in [2.45, 2.75) is 50.5 Å². The second kappa shape index (κ2) is 6.66. The molecule has 1 heterocycles. The van der Waals surface area contributed by atoms with Crippen LogP contribution in [0.4, 0.5) is 0 Å². The van der Waals surface area contributed by atoms with Crippen LogP contribution in [0.15, 0.2) is 24.4 Å². The number of hydrogen-bond donors (Lipinski definition) is 2. The van der Waals surface area contributed by atoms with Crippen LogP contribution in [0, 0.1) is 0 Å². The van der Waals surface area contributed by atoms with Crippen molar-refractivity contribution < 1.29 is 4.79 Å². The summed E-state index contributed by atoms with van der Waals surface area (Å²) in [7, 11) is 0. The summed E-state index contributed by atoms with van der Waals surface area (Å²) in [6, 6.07) is 5.82. The van der Waals surface area contributed by atoms with Gasteiger partial charge in [-0.1, -0.05) is 25.3 Å². The van der Waals surface area contributed by atoms with Crippen LogP contribution >= 0.6 is 0 Å². The van der Waals surface area contributed by atoms with E-state index in [0.29, 0.717) is 13.0 Å². The summed E-state index contributed by atoms with van der Waals surface area (Å²) in [5, 5.41) is 2.94. The first-order chi connectivity index (χ1) is 9.18. The van der Waals surface area contributed by atoms with Gasteiger partial charge in [-0.25, -0.2) is 0 Å². The van der Waals surface area contributed by atoms with E-state index in [1.54, 1.807) is 6.20 Å². The molecule has 1 aliphatic rings. The van der Waals surface area contributed by atoms with Gasteiger partial charge in [-0.15, -0.1) is 0 Å². The maximum atomic E-state index is 11.9. The maximum Gasteiger partial charge on any atom is 0.221 e. The van der Waals surface area contributed by atoms with E-state index in [1.165, 1.54) is 6.42 Å². The summed E-state index contributed by atoms with van der Waals surface area (Å²) in [6.45, 7) is 0.631. The Morgan fingerprint density at radius 3 is 2.79 bits per heavy atom. The Labute approximate surface area is 114 Å². The Morgan fingerprint density at radius 2 is 2.11 bits per heavy atom. The van der Waals surface area contributed by atoms with E-state index < -0.39 is 0 Å². The maximum absolute atomic E-state index is 11.9. The fraction of sp³-hybridized carbons (Fsp3) is 0.600. The third-order valence-electron chi connectivity index (χ3n) is 3.79. The second-order valence-corrected chi connectivity index (χ2v) is 5.52. The number of amides is 1. The van der Waals surface area contributed by atoms with Crippen LogP contribution in [0.1, 0.15) is 44.2 Å². The van der Waals surface area contributed by atoms with Crippen LogP contribution in [-0.2, 0) is 11.2 Å². The van der Waals surface area contributed by atoms with Gasteiger partial charge in [-0.2, -0.15) is 0 Å². The second-order valence-electron chi connectivity index (χ2n) is 5.52. The van der Waals surface area contributed by atoms with Crippen molar-refractivity contribution in [3.8, 4) is 0 Å². The van der Waals surface area contributed by atoms with E-state index in [9.17, 15) is 4.79 Å². The monoisotopic (exact) mass is 261 g/mol. The summed E-state index contributed by atoms with van der Waals surface area (Å²) < 4.78 is 0. The Kier molecular flexibility index (Phi) is 4.91. The van der Waals surface area contributed by atoms with Gasteiger partial charge in [-0.05, 0) is 25.0 Å². The van der Waals surface area contributed by atoms with E-state index in [2.05, 4.69) is 10.3 Å². The number of pyridine rings is 1. The summed E-state index contributed by atoms with van der Waals surface area (Å²) in [6.07, 6.45) is 8.49. The number of rotatable bonds is 5. The molecule has 1 aromatic heterocycles. The van der Waals surface area contributed by atoms with Crippen LogP contribution in [0.2, 0.25) is 0 Å². The zero-order valence-electron chi connectivity index (χ0n) is 11.4. The molecule has 0 radical (unpaired) electrons. The topological polar surface area (TPSA) is 68.0 Å². The van der Waals surface area contributed by atoms with Crippen molar-refractivity contribution in [2.75, 3.05) is 6.54 Å². The minimum absolute atomic E-state index is 0.0698. The molecule has 1 amide bonds. The first-order valence-electron chi connectivity index (χ1n) is 7.13. The van der Waals surface area contributed by atoms with Gasteiger partial charge in [0.25, 0.3) is 0 Å². The molecule has 0 saturated heterocycles. The van der Waals surface area contributed by atoms with E-state index in [4.69, 9.17) is 5.73 Å². The molecule has 4 heteroatoms. The highest BCUT2D eigenvalue weighted by Gasteiger charge is 2.29. The van der Waals surface area contributed by atoms with Crippen LogP contribution in [0.25, 0.3) is 0 Å². The van der Waals surface area contributed by atoms with Gasteiger partial charge < -0.3 is 11.1 Å². The summed E-state index contributed by atoms with van der Waals surface area (Å²) in [4.78, 5) is 16.1. The number of nitrogens with zero attached hydrogens (tertiary/aromatic N) is 1. The lowest BCUT2D eigenvalue weighted by atomic mass is 9.80. The minimum atomic E-state index is -0.271. The van der Waals surface area contributed by atoms with Crippen molar-refractivity contribution in [3.63, 3.8) is 0 Å². The van der Waals surface area contributed by atoms with Crippen LogP contribution in [0.3, 0.4) is 0 Å². The van der Waals surface area contributed by atoms with Crippen LogP contribution < -0.4 is 11.1 Å².